The number of amides is 3. The number of esters is 1. The number of urea groups is 1. The lowest BCUT2D eigenvalue weighted by Gasteiger charge is -2.11. The van der Waals surface area contributed by atoms with Gasteiger partial charge in [0.2, 0.25) is 0 Å². The van der Waals surface area contributed by atoms with E-state index < -0.39 is 24.5 Å². The summed E-state index contributed by atoms with van der Waals surface area (Å²) in [5.74, 6) is -1.28. The lowest BCUT2D eigenvalue weighted by atomic mass is 10.1. The van der Waals surface area contributed by atoms with Crippen LogP contribution in [0.25, 0.3) is 6.08 Å². The fraction of sp³-hybridized carbons (Fsp3) is 0.200. The van der Waals surface area contributed by atoms with Crippen LogP contribution in [0.2, 0.25) is 0 Å². The van der Waals surface area contributed by atoms with E-state index in [1.54, 1.807) is 30.3 Å². The molecule has 1 aromatic carbocycles. The Labute approximate surface area is 167 Å². The van der Waals surface area contributed by atoms with Crippen LogP contribution >= 0.6 is 0 Å². The molecule has 0 unspecified atom stereocenters. The molecule has 2 N–H and O–H groups in total. The standard InChI is InChI=1S/C20H20N4O5/c1-24(2)16-7-5-14(6-8-16)10-15(11-21)19(26)29-13-18(25)23-20(27)22-12-17-4-3-9-28-17/h3-10H,12-13H2,1-2H3,(H2,22,23,25,27)/b15-10-. The van der Waals surface area contributed by atoms with Crippen LogP contribution in [0.3, 0.4) is 0 Å². The minimum Gasteiger partial charge on any atom is -0.467 e. The molecule has 9 nitrogen and oxygen atoms in total. The fourth-order valence-corrected chi connectivity index (χ4v) is 2.17. The summed E-state index contributed by atoms with van der Waals surface area (Å²) in [5.41, 5.74) is 1.33. The lowest BCUT2D eigenvalue weighted by Crippen LogP contribution is -2.41. The number of imide groups is 1. The van der Waals surface area contributed by atoms with Gasteiger partial charge >= 0.3 is 12.0 Å². The Bertz CT molecular complexity index is 925. The number of rotatable bonds is 7. The number of nitrogens with one attached hydrogen (secondary N) is 2. The summed E-state index contributed by atoms with van der Waals surface area (Å²) in [6.45, 7) is -0.606. The predicted octanol–water partition coefficient (Wildman–Crippen LogP) is 1.82. The Morgan fingerprint density at radius 2 is 1.93 bits per heavy atom. The van der Waals surface area contributed by atoms with Gasteiger partial charge in [0.1, 0.15) is 17.4 Å². The van der Waals surface area contributed by atoms with E-state index in [0.29, 0.717) is 11.3 Å². The first kappa shape index (κ1) is 21.2. The van der Waals surface area contributed by atoms with E-state index in [1.807, 2.05) is 36.4 Å². The van der Waals surface area contributed by atoms with Gasteiger partial charge in [-0.05, 0) is 35.9 Å². The Morgan fingerprint density at radius 3 is 2.52 bits per heavy atom. The third kappa shape index (κ3) is 6.88. The number of carbonyl (C=O) groups is 3. The molecule has 3 amide bonds. The van der Waals surface area contributed by atoms with E-state index in [-0.39, 0.29) is 12.1 Å². The highest BCUT2D eigenvalue weighted by atomic mass is 16.5. The normalized spacial score (nSPS) is 10.6. The second kappa shape index (κ2) is 10.3. The molecule has 0 bridgehead atoms. The van der Waals surface area contributed by atoms with Gasteiger partial charge in [-0.2, -0.15) is 5.26 Å². The Morgan fingerprint density at radius 1 is 1.21 bits per heavy atom. The number of hydrogen-bond donors (Lipinski definition) is 2. The highest BCUT2D eigenvalue weighted by molar-refractivity contribution is 6.00. The van der Waals surface area contributed by atoms with Crippen LogP contribution in [-0.2, 0) is 20.9 Å². The summed E-state index contributed by atoms with van der Waals surface area (Å²) >= 11 is 0. The maximum atomic E-state index is 12.0. The maximum Gasteiger partial charge on any atom is 0.349 e. The van der Waals surface area contributed by atoms with Gasteiger partial charge in [0.05, 0.1) is 12.8 Å². The first-order valence-electron chi connectivity index (χ1n) is 8.55. The molecular formula is C20H20N4O5. The van der Waals surface area contributed by atoms with Crippen LogP contribution in [0.15, 0.2) is 52.7 Å². The number of nitriles is 1. The molecule has 29 heavy (non-hydrogen) atoms. The molecule has 0 aliphatic heterocycles. The maximum absolute atomic E-state index is 12.0. The number of benzene rings is 1. The van der Waals surface area contributed by atoms with Gasteiger partial charge < -0.3 is 19.4 Å². The van der Waals surface area contributed by atoms with Gasteiger partial charge in [-0.3, -0.25) is 10.1 Å². The van der Waals surface area contributed by atoms with Crippen molar-refractivity contribution in [3.05, 3.63) is 59.6 Å². The first-order chi connectivity index (χ1) is 13.9. The van der Waals surface area contributed by atoms with Gasteiger partial charge in [0.15, 0.2) is 6.61 Å². The van der Waals surface area contributed by atoms with Crippen molar-refractivity contribution < 1.29 is 23.5 Å². The van der Waals surface area contributed by atoms with Crippen LogP contribution in [0.1, 0.15) is 11.3 Å². The Kier molecular flexibility index (Phi) is 7.56. The van der Waals surface area contributed by atoms with Crippen molar-refractivity contribution in [2.24, 2.45) is 0 Å². The minimum atomic E-state index is -0.963. The molecular weight excluding hydrogens is 376 g/mol. The first-order valence-corrected chi connectivity index (χ1v) is 8.55. The highest BCUT2D eigenvalue weighted by Gasteiger charge is 2.15. The molecule has 1 aromatic heterocycles. The molecule has 0 spiro atoms. The van der Waals surface area contributed by atoms with Crippen molar-refractivity contribution in [2.45, 2.75) is 6.54 Å². The molecule has 2 rings (SSSR count). The van der Waals surface area contributed by atoms with Gasteiger partial charge in [-0.1, -0.05) is 12.1 Å². The van der Waals surface area contributed by atoms with Crippen molar-refractivity contribution in [1.29, 1.82) is 5.26 Å². The molecule has 0 saturated carbocycles. The van der Waals surface area contributed by atoms with Crippen LogP contribution in [0.4, 0.5) is 10.5 Å². The molecule has 2 aromatic rings. The van der Waals surface area contributed by atoms with E-state index in [2.05, 4.69) is 5.32 Å². The fourth-order valence-electron chi connectivity index (χ4n) is 2.17. The van der Waals surface area contributed by atoms with Crippen molar-refractivity contribution in [3.8, 4) is 6.07 Å². The molecule has 9 heteroatoms. The number of anilines is 1. The summed E-state index contributed by atoms with van der Waals surface area (Å²) < 4.78 is 9.83. The monoisotopic (exact) mass is 396 g/mol. The number of carbonyl (C=O) groups excluding carboxylic acids is 3. The van der Waals surface area contributed by atoms with E-state index in [1.165, 1.54) is 12.3 Å². The molecule has 0 fully saturated rings. The van der Waals surface area contributed by atoms with E-state index in [4.69, 9.17) is 9.15 Å². The molecule has 0 saturated heterocycles. The minimum absolute atomic E-state index is 0.0971. The topological polar surface area (TPSA) is 125 Å². The molecule has 0 radical (unpaired) electrons. The molecule has 1 heterocycles. The summed E-state index contributed by atoms with van der Waals surface area (Å²) in [5, 5.41) is 13.6. The van der Waals surface area contributed by atoms with Crippen LogP contribution in [-0.4, -0.2) is 38.6 Å². The van der Waals surface area contributed by atoms with Crippen molar-refractivity contribution >= 4 is 29.7 Å². The number of nitrogens with zero attached hydrogens (tertiary/aromatic N) is 2. The molecule has 150 valence electrons. The van der Waals surface area contributed by atoms with Crippen LogP contribution in [0, 0.1) is 11.3 Å². The average molecular weight is 396 g/mol. The van der Waals surface area contributed by atoms with Gasteiger partial charge in [0, 0.05) is 19.8 Å². The third-order valence-electron chi connectivity index (χ3n) is 3.65. The average Bonchev–Trinajstić information content (AvgIpc) is 3.22. The van der Waals surface area contributed by atoms with Crippen molar-refractivity contribution in [2.75, 3.05) is 25.6 Å². The zero-order valence-corrected chi connectivity index (χ0v) is 16.0. The smallest absolute Gasteiger partial charge is 0.349 e. The van der Waals surface area contributed by atoms with Gasteiger partial charge in [-0.25, -0.2) is 9.59 Å². The van der Waals surface area contributed by atoms with E-state index in [0.717, 1.165) is 5.69 Å². The zero-order valence-electron chi connectivity index (χ0n) is 16.0. The van der Waals surface area contributed by atoms with Crippen LogP contribution in [0.5, 0.6) is 0 Å². The number of ether oxygens (including phenoxy) is 1. The van der Waals surface area contributed by atoms with E-state index >= 15 is 0 Å². The second-order valence-corrected chi connectivity index (χ2v) is 6.04. The molecule has 0 atom stereocenters. The van der Waals surface area contributed by atoms with Crippen molar-refractivity contribution in [3.63, 3.8) is 0 Å². The van der Waals surface area contributed by atoms with E-state index in [9.17, 15) is 19.6 Å². The predicted molar refractivity (Wildman–Crippen MR) is 104 cm³/mol. The highest BCUT2D eigenvalue weighted by Crippen LogP contribution is 2.15. The summed E-state index contributed by atoms with van der Waals surface area (Å²) in [6, 6.07) is 11.5. The largest absolute Gasteiger partial charge is 0.467 e. The summed E-state index contributed by atoms with van der Waals surface area (Å²) in [6.07, 6.45) is 2.81. The quantitative estimate of drug-likeness (QED) is 0.415. The SMILES string of the molecule is CN(C)c1ccc(/C=C(/C#N)C(=O)OCC(=O)NC(=O)NCc2ccco2)cc1. The second-order valence-electron chi connectivity index (χ2n) is 6.04. The molecule has 0 aliphatic carbocycles. The zero-order chi connectivity index (χ0) is 21.2. The summed E-state index contributed by atoms with van der Waals surface area (Å²) in [7, 11) is 3.79. The number of hydrogen-bond acceptors (Lipinski definition) is 7. The molecule has 0 aliphatic rings. The summed E-state index contributed by atoms with van der Waals surface area (Å²) in [4.78, 5) is 37.2. The number of furan rings is 1. The van der Waals surface area contributed by atoms with Crippen LogP contribution < -0.4 is 15.5 Å². The van der Waals surface area contributed by atoms with Gasteiger partial charge in [-0.15, -0.1) is 0 Å². The van der Waals surface area contributed by atoms with Gasteiger partial charge in [0.25, 0.3) is 5.91 Å². The van der Waals surface area contributed by atoms with Crippen molar-refractivity contribution in [1.82, 2.24) is 10.6 Å². The Balaban J connectivity index is 1.83. The third-order valence-corrected chi connectivity index (χ3v) is 3.65. The Hall–Kier alpha value is -4.06. The lowest BCUT2D eigenvalue weighted by molar-refractivity contribution is -0.144.